The molecule has 2 aliphatic rings. The first-order valence-electron chi connectivity index (χ1n) is 5.89. The van der Waals surface area contributed by atoms with Crippen LogP contribution in [-0.2, 0) is 4.74 Å². The minimum Gasteiger partial charge on any atom is -0.471 e. The molecule has 1 aromatic rings. The van der Waals surface area contributed by atoms with Crippen LogP contribution in [0.5, 0.6) is 0 Å². The highest BCUT2D eigenvalue weighted by molar-refractivity contribution is 6.35. The van der Waals surface area contributed by atoms with E-state index >= 15 is 0 Å². The number of rotatable bonds is 1. The number of ether oxygens (including phenoxy) is 1. The third-order valence-corrected chi connectivity index (χ3v) is 4.01. The average Bonchev–Trinajstić information content (AvgIpc) is 2.80. The van der Waals surface area contributed by atoms with Crippen molar-refractivity contribution < 1.29 is 9.13 Å². The second kappa shape index (κ2) is 4.39. The van der Waals surface area contributed by atoms with Gasteiger partial charge in [-0.25, -0.2) is 9.38 Å². The lowest BCUT2D eigenvalue weighted by Crippen LogP contribution is -2.23. The van der Waals surface area contributed by atoms with Crippen molar-refractivity contribution in [3.63, 3.8) is 0 Å². The number of hydrogen-bond donors (Lipinski definition) is 0. The number of fused-ring (bicyclic) bond motifs is 1. The number of hydrogen-bond acceptors (Lipinski definition) is 2. The maximum absolute atomic E-state index is 13.5. The van der Waals surface area contributed by atoms with Gasteiger partial charge in [-0.05, 0) is 18.2 Å². The molecule has 96 valence electrons. The van der Waals surface area contributed by atoms with E-state index < -0.39 is 6.17 Å². The lowest BCUT2D eigenvalue weighted by Gasteiger charge is -2.15. The molecular weight excluding hydrogens is 276 g/mol. The second-order valence-corrected chi connectivity index (χ2v) is 5.73. The van der Waals surface area contributed by atoms with E-state index in [2.05, 4.69) is 4.99 Å². The van der Waals surface area contributed by atoms with Crippen molar-refractivity contribution in [2.45, 2.75) is 31.7 Å². The normalized spacial score (nSPS) is 34.1. The highest BCUT2D eigenvalue weighted by atomic mass is 35.5. The first-order chi connectivity index (χ1) is 8.54. The van der Waals surface area contributed by atoms with Gasteiger partial charge in [0.05, 0.1) is 6.04 Å². The van der Waals surface area contributed by atoms with E-state index in [1.807, 2.05) is 6.92 Å². The van der Waals surface area contributed by atoms with E-state index in [-0.39, 0.29) is 18.1 Å². The fourth-order valence-electron chi connectivity index (χ4n) is 2.58. The molecule has 5 heteroatoms. The summed E-state index contributed by atoms with van der Waals surface area (Å²) in [5, 5.41) is 1.08. The number of benzene rings is 1. The molecule has 1 saturated carbocycles. The highest BCUT2D eigenvalue weighted by Gasteiger charge is 2.46. The van der Waals surface area contributed by atoms with Gasteiger partial charge in [0.2, 0.25) is 5.90 Å². The molecule has 18 heavy (non-hydrogen) atoms. The third kappa shape index (κ3) is 1.99. The van der Waals surface area contributed by atoms with Gasteiger partial charge < -0.3 is 4.74 Å². The maximum Gasteiger partial charge on any atom is 0.216 e. The lowest BCUT2D eigenvalue weighted by molar-refractivity contribution is 0.137. The predicted octanol–water partition coefficient (Wildman–Crippen LogP) is 3.89. The molecule has 2 nitrogen and oxygen atoms in total. The van der Waals surface area contributed by atoms with Crippen LogP contribution in [0.1, 0.15) is 18.9 Å². The smallest absolute Gasteiger partial charge is 0.216 e. The Kier molecular flexibility index (Phi) is 2.99. The van der Waals surface area contributed by atoms with Gasteiger partial charge in [-0.1, -0.05) is 30.1 Å². The molecule has 1 aliphatic heterocycles. The van der Waals surface area contributed by atoms with Crippen LogP contribution in [0.3, 0.4) is 0 Å². The van der Waals surface area contributed by atoms with Crippen molar-refractivity contribution in [3.05, 3.63) is 33.8 Å². The van der Waals surface area contributed by atoms with E-state index in [1.54, 1.807) is 18.2 Å². The standard InChI is InChI=1S/C13H12Cl2FNO/c1-6-10(16)5-11-12(6)18-13(17-11)7-2-8(14)4-9(15)3-7/h2-4,6,10-12H,5H2,1H3. The summed E-state index contributed by atoms with van der Waals surface area (Å²) in [6.07, 6.45) is -0.551. The molecule has 0 amide bonds. The van der Waals surface area contributed by atoms with Crippen molar-refractivity contribution >= 4 is 29.1 Å². The average molecular weight is 288 g/mol. The first kappa shape index (κ1) is 12.2. The number of alkyl halides is 1. The molecular formula is C13H12Cl2FNO. The van der Waals surface area contributed by atoms with Gasteiger partial charge in [-0.3, -0.25) is 0 Å². The number of aliphatic imine (C=N–C) groups is 1. The molecule has 0 N–H and O–H groups in total. The predicted molar refractivity (Wildman–Crippen MR) is 70.3 cm³/mol. The summed E-state index contributed by atoms with van der Waals surface area (Å²) < 4.78 is 19.3. The van der Waals surface area contributed by atoms with Gasteiger partial charge in [0.15, 0.2) is 0 Å². The topological polar surface area (TPSA) is 21.6 Å². The van der Waals surface area contributed by atoms with Gasteiger partial charge in [0, 0.05) is 27.9 Å². The molecule has 3 rings (SSSR count). The summed E-state index contributed by atoms with van der Waals surface area (Å²) in [5.74, 6) is 0.402. The van der Waals surface area contributed by atoms with Crippen LogP contribution in [0.2, 0.25) is 10.0 Å². The third-order valence-electron chi connectivity index (χ3n) is 3.57. The zero-order chi connectivity index (χ0) is 12.9. The zero-order valence-electron chi connectivity index (χ0n) is 9.74. The number of halogens is 3. The van der Waals surface area contributed by atoms with Gasteiger partial charge in [-0.2, -0.15) is 0 Å². The van der Waals surface area contributed by atoms with Crippen molar-refractivity contribution in [1.29, 1.82) is 0 Å². The lowest BCUT2D eigenvalue weighted by atomic mass is 10.1. The molecule has 0 spiro atoms. The van der Waals surface area contributed by atoms with Crippen LogP contribution in [-0.4, -0.2) is 24.2 Å². The molecule has 4 atom stereocenters. The molecule has 0 radical (unpaired) electrons. The van der Waals surface area contributed by atoms with Crippen molar-refractivity contribution in [2.24, 2.45) is 10.9 Å². The van der Waals surface area contributed by atoms with Gasteiger partial charge in [0.1, 0.15) is 12.3 Å². The van der Waals surface area contributed by atoms with Gasteiger partial charge in [-0.15, -0.1) is 0 Å². The van der Waals surface area contributed by atoms with Crippen molar-refractivity contribution in [2.75, 3.05) is 0 Å². The molecule has 1 aromatic carbocycles. The minimum absolute atomic E-state index is 0.0808. The molecule has 0 saturated heterocycles. The van der Waals surface area contributed by atoms with Gasteiger partial charge >= 0.3 is 0 Å². The Labute approximate surface area is 115 Å². The molecule has 0 bridgehead atoms. The Balaban J connectivity index is 1.89. The summed E-state index contributed by atoms with van der Waals surface area (Å²) in [6.45, 7) is 1.86. The van der Waals surface area contributed by atoms with Crippen LogP contribution in [0.25, 0.3) is 0 Å². The molecule has 1 aliphatic carbocycles. The fourth-order valence-corrected chi connectivity index (χ4v) is 3.10. The summed E-state index contributed by atoms with van der Waals surface area (Å²) >= 11 is 11.9. The Hall–Kier alpha value is -0.800. The summed E-state index contributed by atoms with van der Waals surface area (Å²) in [7, 11) is 0. The highest BCUT2D eigenvalue weighted by Crippen LogP contribution is 2.38. The van der Waals surface area contributed by atoms with Crippen molar-refractivity contribution in [3.8, 4) is 0 Å². The largest absolute Gasteiger partial charge is 0.471 e. The SMILES string of the molecule is CC1C(F)CC2N=C(c3cc(Cl)cc(Cl)c3)OC21. The van der Waals surface area contributed by atoms with Crippen LogP contribution in [0.15, 0.2) is 23.2 Å². The Morgan fingerprint density at radius 3 is 2.56 bits per heavy atom. The van der Waals surface area contributed by atoms with Crippen LogP contribution >= 0.6 is 23.2 Å². The summed E-state index contributed by atoms with van der Waals surface area (Å²) in [5.41, 5.74) is 0.754. The monoisotopic (exact) mass is 287 g/mol. The van der Waals surface area contributed by atoms with Crippen LogP contribution < -0.4 is 0 Å². The Morgan fingerprint density at radius 2 is 1.94 bits per heavy atom. The minimum atomic E-state index is -0.826. The van der Waals surface area contributed by atoms with E-state index in [0.29, 0.717) is 22.4 Å². The van der Waals surface area contributed by atoms with Crippen molar-refractivity contribution in [1.82, 2.24) is 0 Å². The zero-order valence-corrected chi connectivity index (χ0v) is 11.2. The number of nitrogens with zero attached hydrogens (tertiary/aromatic N) is 1. The summed E-state index contributed by atoms with van der Waals surface area (Å²) in [4.78, 5) is 4.44. The van der Waals surface area contributed by atoms with Gasteiger partial charge in [0.25, 0.3) is 0 Å². The van der Waals surface area contributed by atoms with E-state index in [9.17, 15) is 4.39 Å². The Bertz CT molecular complexity index is 499. The first-order valence-corrected chi connectivity index (χ1v) is 6.65. The fraction of sp³-hybridized carbons (Fsp3) is 0.462. The van der Waals surface area contributed by atoms with Crippen LogP contribution in [0.4, 0.5) is 4.39 Å². The summed E-state index contributed by atoms with van der Waals surface area (Å²) in [6, 6.07) is 5.08. The molecule has 4 unspecified atom stereocenters. The molecule has 0 aromatic heterocycles. The van der Waals surface area contributed by atoms with Crippen LogP contribution in [0, 0.1) is 5.92 Å². The molecule has 1 heterocycles. The maximum atomic E-state index is 13.5. The Morgan fingerprint density at radius 1 is 1.28 bits per heavy atom. The quantitative estimate of drug-likeness (QED) is 0.768. The van der Waals surface area contributed by atoms with E-state index in [1.165, 1.54) is 0 Å². The van der Waals surface area contributed by atoms with E-state index in [0.717, 1.165) is 5.56 Å². The molecule has 1 fully saturated rings. The second-order valence-electron chi connectivity index (χ2n) is 4.85. The van der Waals surface area contributed by atoms with E-state index in [4.69, 9.17) is 27.9 Å².